The van der Waals surface area contributed by atoms with Crippen LogP contribution < -0.4 is 0 Å². The average Bonchev–Trinajstić information content (AvgIpc) is 2.86. The molecule has 23 heavy (non-hydrogen) atoms. The number of carbonyl (C=O) groups excluding carboxylic acids is 1. The summed E-state index contributed by atoms with van der Waals surface area (Å²) in [5, 5.41) is 4.29. The molecule has 1 atom stereocenters. The minimum absolute atomic E-state index is 0.182. The van der Waals surface area contributed by atoms with E-state index in [2.05, 4.69) is 10.00 Å². The van der Waals surface area contributed by atoms with Crippen LogP contribution >= 0.6 is 0 Å². The van der Waals surface area contributed by atoms with Crippen LogP contribution in [0.5, 0.6) is 0 Å². The Bertz CT molecular complexity index is 524. The van der Waals surface area contributed by atoms with Gasteiger partial charge in [-0.2, -0.15) is 5.10 Å². The Morgan fingerprint density at radius 2 is 2.04 bits per heavy atom. The van der Waals surface area contributed by atoms with Crippen molar-refractivity contribution in [2.24, 2.45) is 0 Å². The molecule has 0 aliphatic carbocycles. The minimum Gasteiger partial charge on any atom is -0.381 e. The van der Waals surface area contributed by atoms with Gasteiger partial charge in [0.05, 0.1) is 6.20 Å². The lowest BCUT2D eigenvalue weighted by Gasteiger charge is -2.33. The standard InChI is InChI=1S/C17H28N4O2/c1-14-12-18-21(13-14)15(2)17(22)20-7-3-6-19(8-9-20)16-4-10-23-11-5-16/h12-13,15-16H,3-11H2,1-2H3. The van der Waals surface area contributed by atoms with E-state index in [4.69, 9.17) is 4.74 Å². The maximum atomic E-state index is 12.8. The lowest BCUT2D eigenvalue weighted by molar-refractivity contribution is -0.134. The van der Waals surface area contributed by atoms with Crippen molar-refractivity contribution in [3.05, 3.63) is 18.0 Å². The molecule has 3 heterocycles. The third-order valence-electron chi connectivity index (χ3n) is 5.03. The van der Waals surface area contributed by atoms with Gasteiger partial charge in [-0.25, -0.2) is 0 Å². The highest BCUT2D eigenvalue weighted by Crippen LogP contribution is 2.18. The summed E-state index contributed by atoms with van der Waals surface area (Å²) in [4.78, 5) is 17.3. The summed E-state index contributed by atoms with van der Waals surface area (Å²) in [7, 11) is 0. The topological polar surface area (TPSA) is 50.6 Å². The van der Waals surface area contributed by atoms with Crippen LogP contribution in [-0.2, 0) is 9.53 Å². The first-order chi connectivity index (χ1) is 11.1. The molecule has 0 bridgehead atoms. The molecule has 0 N–H and O–H groups in total. The van der Waals surface area contributed by atoms with Crippen LogP contribution in [0.2, 0.25) is 0 Å². The average molecular weight is 320 g/mol. The van der Waals surface area contributed by atoms with Gasteiger partial charge < -0.3 is 9.64 Å². The monoisotopic (exact) mass is 320 g/mol. The highest BCUT2D eigenvalue weighted by Gasteiger charge is 2.28. The second-order valence-electron chi connectivity index (χ2n) is 6.73. The van der Waals surface area contributed by atoms with Gasteiger partial charge in [0, 0.05) is 51.6 Å². The summed E-state index contributed by atoms with van der Waals surface area (Å²) in [5.74, 6) is 0.182. The van der Waals surface area contributed by atoms with Gasteiger partial charge in [-0.15, -0.1) is 0 Å². The van der Waals surface area contributed by atoms with Gasteiger partial charge in [0.2, 0.25) is 5.91 Å². The summed E-state index contributed by atoms with van der Waals surface area (Å²) < 4.78 is 7.24. The van der Waals surface area contributed by atoms with E-state index in [-0.39, 0.29) is 11.9 Å². The van der Waals surface area contributed by atoms with E-state index in [1.807, 2.05) is 24.9 Å². The fraction of sp³-hybridized carbons (Fsp3) is 0.765. The molecule has 6 heteroatoms. The zero-order valence-corrected chi connectivity index (χ0v) is 14.3. The zero-order chi connectivity index (χ0) is 16.2. The summed E-state index contributed by atoms with van der Waals surface area (Å²) in [6.07, 6.45) is 7.04. The number of aromatic nitrogens is 2. The molecule has 2 aliphatic heterocycles. The van der Waals surface area contributed by atoms with Crippen LogP contribution in [0.15, 0.2) is 12.4 Å². The van der Waals surface area contributed by atoms with Crippen molar-refractivity contribution in [3.8, 4) is 0 Å². The molecule has 1 aromatic rings. The zero-order valence-electron chi connectivity index (χ0n) is 14.3. The number of hydrogen-bond donors (Lipinski definition) is 0. The van der Waals surface area contributed by atoms with Crippen molar-refractivity contribution in [2.75, 3.05) is 39.4 Å². The Morgan fingerprint density at radius 3 is 2.74 bits per heavy atom. The predicted octanol–water partition coefficient (Wildman–Crippen LogP) is 1.47. The van der Waals surface area contributed by atoms with Gasteiger partial charge in [-0.3, -0.25) is 14.4 Å². The molecule has 6 nitrogen and oxygen atoms in total. The smallest absolute Gasteiger partial charge is 0.247 e. The first kappa shape index (κ1) is 16.5. The SMILES string of the molecule is Cc1cnn(C(C)C(=O)N2CCCN(C3CCOCC3)CC2)c1. The molecule has 2 fully saturated rings. The fourth-order valence-corrected chi connectivity index (χ4v) is 3.60. The summed E-state index contributed by atoms with van der Waals surface area (Å²) >= 11 is 0. The molecule has 1 unspecified atom stereocenters. The molecule has 1 aromatic heterocycles. The van der Waals surface area contributed by atoms with Crippen molar-refractivity contribution >= 4 is 5.91 Å². The van der Waals surface area contributed by atoms with Crippen LogP contribution in [0.1, 0.15) is 37.8 Å². The Morgan fingerprint density at radius 1 is 1.26 bits per heavy atom. The van der Waals surface area contributed by atoms with Crippen molar-refractivity contribution in [1.29, 1.82) is 0 Å². The van der Waals surface area contributed by atoms with E-state index >= 15 is 0 Å². The fourth-order valence-electron chi connectivity index (χ4n) is 3.60. The number of carbonyl (C=O) groups is 1. The summed E-state index contributed by atoms with van der Waals surface area (Å²) in [6, 6.07) is 0.406. The molecule has 128 valence electrons. The number of ether oxygens (including phenoxy) is 1. The normalized spacial score (nSPS) is 22.8. The van der Waals surface area contributed by atoms with Gasteiger partial charge >= 0.3 is 0 Å². The third-order valence-corrected chi connectivity index (χ3v) is 5.03. The second kappa shape index (κ2) is 7.45. The van der Waals surface area contributed by atoms with E-state index in [1.165, 1.54) is 0 Å². The van der Waals surface area contributed by atoms with E-state index in [1.54, 1.807) is 10.9 Å². The highest BCUT2D eigenvalue weighted by molar-refractivity contribution is 5.80. The molecular formula is C17H28N4O2. The van der Waals surface area contributed by atoms with Gasteiger partial charge in [0.25, 0.3) is 0 Å². The van der Waals surface area contributed by atoms with E-state index in [9.17, 15) is 4.79 Å². The molecule has 0 saturated carbocycles. The van der Waals surface area contributed by atoms with Crippen molar-refractivity contribution < 1.29 is 9.53 Å². The molecule has 0 aromatic carbocycles. The quantitative estimate of drug-likeness (QED) is 0.846. The number of amides is 1. The highest BCUT2D eigenvalue weighted by atomic mass is 16.5. The number of hydrogen-bond acceptors (Lipinski definition) is 4. The van der Waals surface area contributed by atoms with Crippen LogP contribution in [-0.4, -0.2) is 70.9 Å². The van der Waals surface area contributed by atoms with Crippen molar-refractivity contribution in [3.63, 3.8) is 0 Å². The van der Waals surface area contributed by atoms with E-state index in [0.29, 0.717) is 6.04 Å². The molecule has 2 aliphatic rings. The first-order valence-electron chi connectivity index (χ1n) is 8.76. The lowest BCUT2D eigenvalue weighted by atomic mass is 10.1. The largest absolute Gasteiger partial charge is 0.381 e. The van der Waals surface area contributed by atoms with E-state index in [0.717, 1.165) is 64.2 Å². The van der Waals surface area contributed by atoms with Crippen LogP contribution in [0.4, 0.5) is 0 Å². The Kier molecular flexibility index (Phi) is 5.33. The third kappa shape index (κ3) is 3.93. The molecule has 0 spiro atoms. The molecule has 3 rings (SSSR count). The van der Waals surface area contributed by atoms with Crippen molar-refractivity contribution in [1.82, 2.24) is 19.6 Å². The van der Waals surface area contributed by atoms with Crippen LogP contribution in [0.25, 0.3) is 0 Å². The number of nitrogens with zero attached hydrogens (tertiary/aromatic N) is 4. The predicted molar refractivity (Wildman–Crippen MR) is 88.3 cm³/mol. The van der Waals surface area contributed by atoms with Crippen molar-refractivity contribution in [2.45, 2.75) is 45.2 Å². The molecule has 1 amide bonds. The Balaban J connectivity index is 1.57. The van der Waals surface area contributed by atoms with Crippen LogP contribution in [0, 0.1) is 6.92 Å². The molecular weight excluding hydrogens is 292 g/mol. The van der Waals surface area contributed by atoms with Gasteiger partial charge in [-0.1, -0.05) is 0 Å². The van der Waals surface area contributed by atoms with Gasteiger partial charge in [0.15, 0.2) is 0 Å². The molecule has 2 saturated heterocycles. The van der Waals surface area contributed by atoms with Crippen LogP contribution in [0.3, 0.4) is 0 Å². The van der Waals surface area contributed by atoms with E-state index < -0.39 is 0 Å². The summed E-state index contributed by atoms with van der Waals surface area (Å²) in [5.41, 5.74) is 1.09. The second-order valence-corrected chi connectivity index (χ2v) is 6.73. The minimum atomic E-state index is -0.224. The Labute approximate surface area is 138 Å². The summed E-state index contributed by atoms with van der Waals surface area (Å²) in [6.45, 7) is 9.42. The first-order valence-corrected chi connectivity index (χ1v) is 8.76. The number of rotatable bonds is 3. The van der Waals surface area contributed by atoms with Gasteiger partial charge in [-0.05, 0) is 38.7 Å². The maximum Gasteiger partial charge on any atom is 0.247 e. The maximum absolute atomic E-state index is 12.8. The van der Waals surface area contributed by atoms with Gasteiger partial charge in [0.1, 0.15) is 6.04 Å². The lowest BCUT2D eigenvalue weighted by Crippen LogP contribution is -2.43. The number of aryl methyl sites for hydroxylation is 1. The molecule has 0 radical (unpaired) electrons. The Hall–Kier alpha value is -1.40.